The summed E-state index contributed by atoms with van der Waals surface area (Å²) in [6, 6.07) is 13.2. The number of hydrogen-bond acceptors (Lipinski definition) is 3. The number of aromatic nitrogens is 1. The summed E-state index contributed by atoms with van der Waals surface area (Å²) in [5, 5.41) is 10.6. The van der Waals surface area contributed by atoms with E-state index in [1.54, 1.807) is 12.1 Å². The van der Waals surface area contributed by atoms with E-state index >= 15 is 4.39 Å². The molecule has 1 amide bonds. The number of alkyl halides is 1. The smallest absolute Gasteiger partial charge is 0.335 e. The SMILES string of the molecule is CN(C)CC(=O)N1CCn2c(c([C@H]3CCCC[C@@H]3F)c3ccc(C(=O)O)cc32)-c2ccccc2C1. The molecule has 6 nitrogen and oxygen atoms in total. The molecule has 0 saturated heterocycles. The molecule has 5 rings (SSSR count). The third kappa shape index (κ3) is 4.33. The second-order valence-electron chi connectivity index (χ2n) is 10.1. The maximum absolute atomic E-state index is 15.4. The first kappa shape index (κ1) is 23.5. The van der Waals surface area contributed by atoms with Crippen molar-refractivity contribution in [3.05, 3.63) is 59.2 Å². The number of benzene rings is 2. The van der Waals surface area contributed by atoms with Gasteiger partial charge in [0.15, 0.2) is 0 Å². The topological polar surface area (TPSA) is 65.8 Å². The van der Waals surface area contributed by atoms with Crippen molar-refractivity contribution in [3.63, 3.8) is 0 Å². The van der Waals surface area contributed by atoms with Gasteiger partial charge in [-0.05, 0) is 50.2 Å². The molecule has 0 unspecified atom stereocenters. The number of hydrogen-bond donors (Lipinski definition) is 1. The lowest BCUT2D eigenvalue weighted by Crippen LogP contribution is -2.40. The van der Waals surface area contributed by atoms with Crippen LogP contribution in [0.25, 0.3) is 22.2 Å². The van der Waals surface area contributed by atoms with E-state index in [0.29, 0.717) is 32.6 Å². The first-order valence-electron chi connectivity index (χ1n) is 12.4. The predicted octanol–water partition coefficient (Wildman–Crippen LogP) is 4.91. The molecule has 1 N–H and O–H groups in total. The second-order valence-corrected chi connectivity index (χ2v) is 10.1. The van der Waals surface area contributed by atoms with Gasteiger partial charge in [-0.3, -0.25) is 4.79 Å². The Balaban J connectivity index is 1.75. The van der Waals surface area contributed by atoms with E-state index in [2.05, 4.69) is 10.6 Å². The molecule has 1 aliphatic carbocycles. The van der Waals surface area contributed by atoms with Gasteiger partial charge >= 0.3 is 5.97 Å². The number of amides is 1. The fourth-order valence-corrected chi connectivity index (χ4v) is 5.80. The monoisotopic (exact) mass is 477 g/mol. The molecule has 35 heavy (non-hydrogen) atoms. The third-order valence-electron chi connectivity index (χ3n) is 7.43. The Morgan fingerprint density at radius 2 is 1.86 bits per heavy atom. The number of carboxylic acid groups (broad SMARTS) is 1. The number of rotatable bonds is 4. The molecular formula is C28H32FN3O3. The van der Waals surface area contributed by atoms with Crippen molar-refractivity contribution in [3.8, 4) is 11.3 Å². The van der Waals surface area contributed by atoms with Crippen LogP contribution in [0.3, 0.4) is 0 Å². The van der Waals surface area contributed by atoms with Crippen LogP contribution >= 0.6 is 0 Å². The van der Waals surface area contributed by atoms with Crippen molar-refractivity contribution in [2.24, 2.45) is 0 Å². The zero-order chi connectivity index (χ0) is 24.7. The van der Waals surface area contributed by atoms with Crippen LogP contribution in [0.4, 0.5) is 4.39 Å². The van der Waals surface area contributed by atoms with E-state index in [9.17, 15) is 14.7 Å². The Kier molecular flexibility index (Phi) is 6.36. The Hall–Kier alpha value is -3.19. The number of carboxylic acids is 1. The van der Waals surface area contributed by atoms with Crippen molar-refractivity contribution in [1.82, 2.24) is 14.4 Å². The molecule has 2 atom stereocenters. The van der Waals surface area contributed by atoms with E-state index in [1.807, 2.05) is 48.2 Å². The van der Waals surface area contributed by atoms with E-state index < -0.39 is 12.1 Å². The number of aromatic carboxylic acids is 1. The number of carbonyl (C=O) groups is 2. The van der Waals surface area contributed by atoms with Crippen LogP contribution in [0.5, 0.6) is 0 Å². The summed E-state index contributed by atoms with van der Waals surface area (Å²) < 4.78 is 17.5. The van der Waals surface area contributed by atoms with Gasteiger partial charge in [-0.1, -0.05) is 43.2 Å². The van der Waals surface area contributed by atoms with E-state index in [-0.39, 0.29) is 17.4 Å². The van der Waals surface area contributed by atoms with Crippen molar-refractivity contribution in [2.45, 2.75) is 50.9 Å². The van der Waals surface area contributed by atoms with Gasteiger partial charge in [-0.15, -0.1) is 0 Å². The Bertz CT molecular complexity index is 1280. The standard InChI is InChI=1S/C28H32FN3O3/c1-30(2)17-25(33)31-13-14-32-24-15-18(28(34)35)11-12-22(24)26(21-9-5-6-10-23(21)29)27(32)20-8-4-3-7-19(20)16-31/h3-4,7-8,11-12,15,21,23H,5-6,9-10,13-14,16-17H2,1-2H3,(H,34,35)/t21-,23-/m0/s1. The highest BCUT2D eigenvalue weighted by atomic mass is 19.1. The van der Waals surface area contributed by atoms with Crippen molar-refractivity contribution < 1.29 is 19.1 Å². The lowest BCUT2D eigenvalue weighted by Gasteiger charge is -2.31. The average Bonchev–Trinajstić information content (AvgIpc) is 3.12. The third-order valence-corrected chi connectivity index (χ3v) is 7.43. The molecule has 0 radical (unpaired) electrons. The lowest BCUT2D eigenvalue weighted by molar-refractivity contribution is -0.132. The Labute approximate surface area is 204 Å². The number of halogens is 1. The van der Waals surface area contributed by atoms with Gasteiger partial charge in [-0.25, -0.2) is 9.18 Å². The van der Waals surface area contributed by atoms with Crippen LogP contribution in [0.15, 0.2) is 42.5 Å². The maximum atomic E-state index is 15.4. The zero-order valence-corrected chi connectivity index (χ0v) is 20.3. The van der Waals surface area contributed by atoms with E-state index in [4.69, 9.17) is 0 Å². The summed E-state index contributed by atoms with van der Waals surface area (Å²) in [4.78, 5) is 28.6. The number of likely N-dealkylation sites (N-methyl/N-ethyl adjacent to an activating group) is 1. The fourth-order valence-electron chi connectivity index (χ4n) is 5.80. The molecule has 3 aromatic rings. The maximum Gasteiger partial charge on any atom is 0.335 e. The van der Waals surface area contributed by atoms with Gasteiger partial charge in [0.05, 0.1) is 17.8 Å². The summed E-state index contributed by atoms with van der Waals surface area (Å²) in [6.07, 6.45) is 2.30. The summed E-state index contributed by atoms with van der Waals surface area (Å²) in [7, 11) is 3.76. The van der Waals surface area contributed by atoms with Gasteiger partial charge in [0.25, 0.3) is 0 Å². The largest absolute Gasteiger partial charge is 0.478 e. The Morgan fingerprint density at radius 3 is 2.60 bits per heavy atom. The van der Waals surface area contributed by atoms with E-state index in [1.165, 1.54) is 0 Å². The molecule has 1 aromatic heterocycles. The summed E-state index contributed by atoms with van der Waals surface area (Å²) in [6.45, 7) is 1.83. The Morgan fingerprint density at radius 1 is 1.09 bits per heavy atom. The van der Waals surface area contributed by atoms with Crippen LogP contribution < -0.4 is 0 Å². The van der Waals surface area contributed by atoms with Gasteiger partial charge in [0.1, 0.15) is 6.17 Å². The molecule has 0 spiro atoms. The van der Waals surface area contributed by atoms with E-state index in [0.717, 1.165) is 52.5 Å². The average molecular weight is 478 g/mol. The molecule has 7 heteroatoms. The van der Waals surface area contributed by atoms with Crippen LogP contribution in [-0.4, -0.2) is 64.7 Å². The number of nitrogens with zero attached hydrogens (tertiary/aromatic N) is 3. The van der Waals surface area contributed by atoms with Crippen LogP contribution in [0.2, 0.25) is 0 Å². The summed E-state index contributed by atoms with van der Waals surface area (Å²) in [5.74, 6) is -1.16. The normalized spacial score (nSPS) is 20.3. The number of fused-ring (bicyclic) bond motifs is 5. The quantitative estimate of drug-likeness (QED) is 0.580. The predicted molar refractivity (Wildman–Crippen MR) is 134 cm³/mol. The highest BCUT2D eigenvalue weighted by Crippen LogP contribution is 2.46. The van der Waals surface area contributed by atoms with Crippen LogP contribution in [-0.2, 0) is 17.9 Å². The van der Waals surface area contributed by atoms with Gasteiger partial charge in [-0.2, -0.15) is 0 Å². The second kappa shape index (κ2) is 9.46. The highest BCUT2D eigenvalue weighted by Gasteiger charge is 2.34. The molecular weight excluding hydrogens is 445 g/mol. The molecule has 0 bridgehead atoms. The lowest BCUT2D eigenvalue weighted by atomic mass is 9.80. The van der Waals surface area contributed by atoms with Crippen molar-refractivity contribution in [2.75, 3.05) is 27.2 Å². The molecule has 2 heterocycles. The zero-order valence-electron chi connectivity index (χ0n) is 20.3. The minimum atomic E-state index is -0.987. The van der Waals surface area contributed by atoms with Gasteiger partial charge in [0, 0.05) is 42.0 Å². The first-order valence-corrected chi connectivity index (χ1v) is 12.4. The van der Waals surface area contributed by atoms with Gasteiger partial charge in [0.2, 0.25) is 5.91 Å². The molecule has 1 aliphatic heterocycles. The minimum absolute atomic E-state index is 0.0484. The van der Waals surface area contributed by atoms with Crippen LogP contribution in [0, 0.1) is 0 Å². The van der Waals surface area contributed by atoms with Crippen molar-refractivity contribution in [1.29, 1.82) is 0 Å². The first-order chi connectivity index (χ1) is 16.8. The molecule has 2 aromatic carbocycles. The van der Waals surface area contributed by atoms with Gasteiger partial charge < -0.3 is 19.5 Å². The van der Waals surface area contributed by atoms with Crippen molar-refractivity contribution >= 4 is 22.8 Å². The highest BCUT2D eigenvalue weighted by molar-refractivity contribution is 5.98. The molecule has 184 valence electrons. The summed E-state index contributed by atoms with van der Waals surface area (Å²) in [5.41, 5.74) is 4.99. The minimum Gasteiger partial charge on any atom is -0.478 e. The molecule has 1 fully saturated rings. The molecule has 2 aliphatic rings. The molecule has 1 saturated carbocycles. The fraction of sp³-hybridized carbons (Fsp3) is 0.429. The number of carbonyl (C=O) groups excluding carboxylic acids is 1. The van der Waals surface area contributed by atoms with Crippen LogP contribution in [0.1, 0.15) is 53.1 Å². The summed E-state index contributed by atoms with van der Waals surface area (Å²) >= 11 is 0.